The summed E-state index contributed by atoms with van der Waals surface area (Å²) < 4.78 is 27.2. The fourth-order valence-corrected chi connectivity index (χ4v) is 2.90. The number of anilines is 2. The van der Waals surface area contributed by atoms with Crippen LogP contribution < -0.4 is 11.1 Å². The van der Waals surface area contributed by atoms with E-state index in [1.807, 2.05) is 12.1 Å². The van der Waals surface area contributed by atoms with Crippen LogP contribution in [-0.2, 0) is 6.42 Å². The Bertz CT molecular complexity index is 765. The predicted molar refractivity (Wildman–Crippen MR) is 82.6 cm³/mol. The van der Waals surface area contributed by atoms with E-state index >= 15 is 0 Å². The lowest BCUT2D eigenvalue weighted by Gasteiger charge is -2.10. The molecule has 0 saturated carbocycles. The number of thiazole rings is 1. The monoisotopic (exact) mass is 305 g/mol. The SMILES string of the molecule is Nc1c(NCCc2cc(F)cc(F)c2)ccc2scnc12. The molecule has 0 spiro atoms. The molecule has 0 unspecified atom stereocenters. The Balaban J connectivity index is 1.70. The van der Waals surface area contributed by atoms with E-state index in [0.29, 0.717) is 24.2 Å². The molecule has 0 radical (unpaired) electrons. The number of nitrogens with two attached hydrogens (primary N) is 1. The average Bonchev–Trinajstić information content (AvgIpc) is 2.89. The molecule has 0 bridgehead atoms. The third kappa shape index (κ3) is 2.95. The van der Waals surface area contributed by atoms with Crippen molar-refractivity contribution < 1.29 is 8.78 Å². The summed E-state index contributed by atoms with van der Waals surface area (Å²) in [5.41, 5.74) is 10.6. The van der Waals surface area contributed by atoms with Gasteiger partial charge < -0.3 is 11.1 Å². The summed E-state index contributed by atoms with van der Waals surface area (Å²) in [5.74, 6) is -1.12. The molecule has 2 aromatic carbocycles. The zero-order valence-electron chi connectivity index (χ0n) is 11.1. The minimum absolute atomic E-state index is 0.503. The van der Waals surface area contributed by atoms with E-state index in [2.05, 4.69) is 10.3 Å². The van der Waals surface area contributed by atoms with Gasteiger partial charge in [0.2, 0.25) is 0 Å². The van der Waals surface area contributed by atoms with Gasteiger partial charge in [0, 0.05) is 12.6 Å². The van der Waals surface area contributed by atoms with Gasteiger partial charge in [-0.3, -0.25) is 0 Å². The number of halogens is 2. The molecule has 1 aromatic heterocycles. The molecule has 3 rings (SSSR count). The lowest BCUT2D eigenvalue weighted by Crippen LogP contribution is -2.07. The number of fused-ring (bicyclic) bond motifs is 1. The average molecular weight is 305 g/mol. The van der Waals surface area contributed by atoms with Gasteiger partial charge in [0.25, 0.3) is 0 Å². The van der Waals surface area contributed by atoms with Gasteiger partial charge >= 0.3 is 0 Å². The van der Waals surface area contributed by atoms with Crippen molar-refractivity contribution in [1.82, 2.24) is 4.98 Å². The molecule has 0 amide bonds. The van der Waals surface area contributed by atoms with E-state index in [1.54, 1.807) is 5.51 Å². The topological polar surface area (TPSA) is 50.9 Å². The first-order valence-electron chi connectivity index (χ1n) is 6.44. The molecule has 0 atom stereocenters. The van der Waals surface area contributed by atoms with E-state index in [1.165, 1.54) is 23.5 Å². The smallest absolute Gasteiger partial charge is 0.126 e. The minimum atomic E-state index is -0.562. The Morgan fingerprint density at radius 2 is 1.90 bits per heavy atom. The first kappa shape index (κ1) is 13.8. The zero-order chi connectivity index (χ0) is 14.8. The van der Waals surface area contributed by atoms with Crippen LogP contribution in [-0.4, -0.2) is 11.5 Å². The predicted octanol–water partition coefficient (Wildman–Crippen LogP) is 3.81. The van der Waals surface area contributed by atoms with E-state index in [0.717, 1.165) is 22.0 Å². The number of hydrogen-bond donors (Lipinski definition) is 2. The minimum Gasteiger partial charge on any atom is -0.395 e. The number of aromatic nitrogens is 1. The van der Waals surface area contributed by atoms with Crippen LogP contribution in [0.15, 0.2) is 35.8 Å². The second-order valence-electron chi connectivity index (χ2n) is 4.68. The first-order chi connectivity index (χ1) is 10.1. The van der Waals surface area contributed by atoms with Gasteiger partial charge in [0.15, 0.2) is 0 Å². The molecule has 108 valence electrons. The summed E-state index contributed by atoms with van der Waals surface area (Å²) >= 11 is 1.53. The van der Waals surface area contributed by atoms with Crippen LogP contribution >= 0.6 is 11.3 Å². The highest BCUT2D eigenvalue weighted by atomic mass is 32.1. The molecule has 0 fully saturated rings. The van der Waals surface area contributed by atoms with Crippen LogP contribution in [0.3, 0.4) is 0 Å². The summed E-state index contributed by atoms with van der Waals surface area (Å²) in [5, 5.41) is 3.18. The number of nitrogens with one attached hydrogen (secondary N) is 1. The third-order valence-electron chi connectivity index (χ3n) is 3.19. The Hall–Kier alpha value is -2.21. The van der Waals surface area contributed by atoms with Crippen molar-refractivity contribution in [2.45, 2.75) is 6.42 Å². The molecule has 3 aromatic rings. The van der Waals surface area contributed by atoms with Crippen molar-refractivity contribution in [3.05, 3.63) is 53.0 Å². The normalized spacial score (nSPS) is 11.0. The van der Waals surface area contributed by atoms with Gasteiger partial charge in [-0.25, -0.2) is 13.8 Å². The van der Waals surface area contributed by atoms with Crippen LogP contribution in [0.1, 0.15) is 5.56 Å². The largest absolute Gasteiger partial charge is 0.395 e. The quantitative estimate of drug-likeness (QED) is 0.721. The summed E-state index contributed by atoms with van der Waals surface area (Å²) in [7, 11) is 0. The maximum absolute atomic E-state index is 13.1. The fourth-order valence-electron chi connectivity index (χ4n) is 2.20. The molecule has 0 aliphatic carbocycles. The fraction of sp³-hybridized carbons (Fsp3) is 0.133. The van der Waals surface area contributed by atoms with Crippen LogP contribution in [0.4, 0.5) is 20.2 Å². The third-order valence-corrected chi connectivity index (χ3v) is 3.99. The highest BCUT2D eigenvalue weighted by molar-refractivity contribution is 7.16. The van der Waals surface area contributed by atoms with Gasteiger partial charge in [-0.2, -0.15) is 0 Å². The number of rotatable bonds is 4. The van der Waals surface area contributed by atoms with Crippen LogP contribution in [0.2, 0.25) is 0 Å². The van der Waals surface area contributed by atoms with E-state index in [4.69, 9.17) is 5.73 Å². The van der Waals surface area contributed by atoms with Crippen LogP contribution in [0, 0.1) is 11.6 Å². The maximum Gasteiger partial charge on any atom is 0.126 e. The van der Waals surface area contributed by atoms with Gasteiger partial charge in [-0.05, 0) is 36.2 Å². The summed E-state index contributed by atoms with van der Waals surface area (Å²) in [6.07, 6.45) is 0.503. The van der Waals surface area contributed by atoms with Crippen molar-refractivity contribution in [2.75, 3.05) is 17.6 Å². The van der Waals surface area contributed by atoms with Crippen molar-refractivity contribution in [1.29, 1.82) is 0 Å². The highest BCUT2D eigenvalue weighted by Crippen LogP contribution is 2.29. The van der Waals surface area contributed by atoms with Gasteiger partial charge in [-0.1, -0.05) is 0 Å². The molecule has 0 aliphatic rings. The van der Waals surface area contributed by atoms with Crippen molar-refractivity contribution in [3.63, 3.8) is 0 Å². The maximum atomic E-state index is 13.1. The van der Waals surface area contributed by atoms with Gasteiger partial charge in [0.1, 0.15) is 17.2 Å². The van der Waals surface area contributed by atoms with Gasteiger partial charge in [-0.15, -0.1) is 11.3 Å². The highest BCUT2D eigenvalue weighted by Gasteiger charge is 2.07. The molecule has 1 heterocycles. The molecule has 21 heavy (non-hydrogen) atoms. The number of hydrogen-bond acceptors (Lipinski definition) is 4. The first-order valence-corrected chi connectivity index (χ1v) is 7.32. The molecule has 3 nitrogen and oxygen atoms in total. The molecule has 0 saturated heterocycles. The summed E-state index contributed by atoms with van der Waals surface area (Å²) in [6, 6.07) is 7.37. The molecule has 6 heteroatoms. The van der Waals surface area contributed by atoms with Crippen molar-refractivity contribution in [3.8, 4) is 0 Å². The second-order valence-corrected chi connectivity index (χ2v) is 5.57. The Kier molecular flexibility index (Phi) is 3.70. The standard InChI is InChI=1S/C15H13F2N3S/c16-10-5-9(6-11(17)7-10)3-4-19-12-1-2-13-15(14(12)18)20-8-21-13/h1-2,5-8,19H,3-4,18H2. The zero-order valence-corrected chi connectivity index (χ0v) is 11.9. The number of nitrogen functional groups attached to an aromatic ring is 1. The molecule has 3 N–H and O–H groups in total. The van der Waals surface area contributed by atoms with Crippen LogP contribution in [0.5, 0.6) is 0 Å². The Morgan fingerprint density at radius 1 is 1.14 bits per heavy atom. The summed E-state index contributed by atoms with van der Waals surface area (Å²) in [6.45, 7) is 0.530. The lowest BCUT2D eigenvalue weighted by atomic mass is 10.1. The van der Waals surface area contributed by atoms with E-state index in [9.17, 15) is 8.78 Å². The Labute approximate surface area is 124 Å². The van der Waals surface area contributed by atoms with Crippen molar-refractivity contribution in [2.24, 2.45) is 0 Å². The van der Waals surface area contributed by atoms with E-state index < -0.39 is 11.6 Å². The Morgan fingerprint density at radius 3 is 2.67 bits per heavy atom. The van der Waals surface area contributed by atoms with Gasteiger partial charge in [0.05, 0.1) is 21.6 Å². The van der Waals surface area contributed by atoms with Crippen molar-refractivity contribution >= 4 is 32.9 Å². The molecular weight excluding hydrogens is 292 g/mol. The van der Waals surface area contributed by atoms with Crippen LogP contribution in [0.25, 0.3) is 10.2 Å². The number of benzene rings is 2. The lowest BCUT2D eigenvalue weighted by molar-refractivity contribution is 0.580. The molecular formula is C15H13F2N3S. The van der Waals surface area contributed by atoms with E-state index in [-0.39, 0.29) is 0 Å². The second kappa shape index (κ2) is 5.65. The summed E-state index contributed by atoms with van der Waals surface area (Å²) in [4.78, 5) is 4.22. The molecule has 0 aliphatic heterocycles. The number of nitrogens with zero attached hydrogens (tertiary/aromatic N) is 1.